The van der Waals surface area contributed by atoms with Crippen LogP contribution in [-0.2, 0) is 33.3 Å². The van der Waals surface area contributed by atoms with Crippen molar-refractivity contribution in [2.24, 2.45) is 28.6 Å². The lowest BCUT2D eigenvalue weighted by atomic mass is 9.45. The Bertz CT molecular complexity index is 967. The fourth-order valence-electron chi connectivity index (χ4n) is 8.94. The molecule has 6 aliphatic rings. The van der Waals surface area contributed by atoms with Crippen molar-refractivity contribution in [3.05, 3.63) is 11.6 Å². The van der Waals surface area contributed by atoms with Gasteiger partial charge in [0.25, 0.3) is 0 Å². The summed E-state index contributed by atoms with van der Waals surface area (Å²) >= 11 is 0. The molecule has 0 bridgehead atoms. The molecule has 0 amide bonds. The zero-order chi connectivity index (χ0) is 24.9. The van der Waals surface area contributed by atoms with Crippen LogP contribution in [0.4, 0.5) is 13.2 Å². The van der Waals surface area contributed by atoms with E-state index >= 15 is 0 Å². The van der Waals surface area contributed by atoms with Gasteiger partial charge in [-0.05, 0) is 61.9 Å². The van der Waals surface area contributed by atoms with E-state index in [0.717, 1.165) is 18.4 Å². The lowest BCUT2D eigenvalue weighted by Crippen LogP contribution is -2.66. The normalized spacial score (nSPS) is 49.1. The number of ether oxygens (including phenoxy) is 5. The van der Waals surface area contributed by atoms with Gasteiger partial charge in [0.1, 0.15) is 18.3 Å². The number of halogens is 3. The highest BCUT2D eigenvalue weighted by molar-refractivity contribution is 5.91. The van der Waals surface area contributed by atoms with Crippen LogP contribution in [0.2, 0.25) is 0 Å². The van der Waals surface area contributed by atoms with Crippen molar-refractivity contribution in [1.29, 1.82) is 0 Å². The first kappa shape index (κ1) is 23.9. The average molecular weight is 501 g/mol. The molecule has 0 aromatic carbocycles. The Morgan fingerprint density at radius 3 is 2.57 bits per heavy atom. The zero-order valence-corrected chi connectivity index (χ0v) is 19.9. The van der Waals surface area contributed by atoms with E-state index in [0.29, 0.717) is 25.7 Å². The summed E-state index contributed by atoms with van der Waals surface area (Å²) in [5.74, 6) is -3.42. The topological polar surface area (TPSA) is 80.3 Å². The number of carbonyl (C=O) groups excluding carboxylic acids is 2. The summed E-state index contributed by atoms with van der Waals surface area (Å²) < 4.78 is 69.3. The van der Waals surface area contributed by atoms with Gasteiger partial charge in [0.2, 0.25) is 5.79 Å². The molecule has 0 aromatic rings. The number of hydrogen-bond acceptors (Lipinski definition) is 7. The molecule has 5 fully saturated rings. The van der Waals surface area contributed by atoms with E-state index < -0.39 is 40.5 Å². The van der Waals surface area contributed by atoms with E-state index in [4.69, 9.17) is 23.7 Å². The van der Waals surface area contributed by atoms with Gasteiger partial charge in [0.05, 0.1) is 0 Å². The first-order valence-corrected chi connectivity index (χ1v) is 12.5. The maximum Gasteiger partial charge on any atom is 0.490 e. The maximum atomic E-state index is 13.4. The molecule has 0 radical (unpaired) electrons. The minimum Gasteiger partial charge on any atom is -0.455 e. The van der Waals surface area contributed by atoms with Crippen LogP contribution in [0.15, 0.2) is 11.6 Å². The Kier molecular flexibility index (Phi) is 5.13. The van der Waals surface area contributed by atoms with Gasteiger partial charge in [-0.2, -0.15) is 13.2 Å². The standard InChI is InChI=1S/C25H31F3O7/c1-21-7-5-15(29)9-14(21)3-4-16-17-6-8-23(24(34-13-32-23)11-31-12-33-24)22(17,2)10-18(19(16)21)35-20(30)25(26,27)28/h9,16-19H,3-8,10-13H2,1-2H3/t16-,17+,18+,19+,21-,22-,23+,24+/m0/s1. The third kappa shape index (κ3) is 3.06. The largest absolute Gasteiger partial charge is 0.490 e. The Labute approximate surface area is 201 Å². The average Bonchev–Trinajstić information content (AvgIpc) is 3.48. The number of ketones is 1. The Morgan fingerprint density at radius 1 is 1.09 bits per heavy atom. The Morgan fingerprint density at radius 2 is 1.86 bits per heavy atom. The lowest BCUT2D eigenvalue weighted by Gasteiger charge is -2.62. The van der Waals surface area contributed by atoms with Crippen LogP contribution < -0.4 is 0 Å². The van der Waals surface area contributed by atoms with Crippen LogP contribution in [0, 0.1) is 28.6 Å². The molecule has 3 saturated carbocycles. The molecular weight excluding hydrogens is 469 g/mol. The molecule has 2 spiro atoms. The summed E-state index contributed by atoms with van der Waals surface area (Å²) in [6.07, 6.45) is -0.423. The number of esters is 1. The highest BCUT2D eigenvalue weighted by Gasteiger charge is 2.77. The molecule has 35 heavy (non-hydrogen) atoms. The van der Waals surface area contributed by atoms with Crippen molar-refractivity contribution < 1.29 is 46.4 Å². The summed E-state index contributed by atoms with van der Waals surface area (Å²) in [6.45, 7) is 4.33. The van der Waals surface area contributed by atoms with E-state index in [1.165, 1.54) is 0 Å². The smallest absolute Gasteiger partial charge is 0.455 e. The maximum absolute atomic E-state index is 13.4. The van der Waals surface area contributed by atoms with Crippen LogP contribution in [0.1, 0.15) is 58.8 Å². The van der Waals surface area contributed by atoms with E-state index in [-0.39, 0.29) is 50.2 Å². The van der Waals surface area contributed by atoms with Gasteiger partial charge in [0, 0.05) is 17.8 Å². The van der Waals surface area contributed by atoms with Crippen LogP contribution >= 0.6 is 0 Å². The summed E-state index contributed by atoms with van der Waals surface area (Å²) in [5.41, 5.74) is -1.09. The van der Waals surface area contributed by atoms with Gasteiger partial charge in [-0.15, -0.1) is 0 Å². The fourth-order valence-corrected chi connectivity index (χ4v) is 8.94. The quantitative estimate of drug-likeness (QED) is 0.503. The number of rotatable bonds is 1. The highest BCUT2D eigenvalue weighted by atomic mass is 19.4. The Hall–Kier alpha value is -1.49. The number of hydrogen-bond donors (Lipinski definition) is 0. The van der Waals surface area contributed by atoms with Gasteiger partial charge in [0.15, 0.2) is 19.4 Å². The van der Waals surface area contributed by atoms with Gasteiger partial charge >= 0.3 is 12.1 Å². The molecule has 0 N–H and O–H groups in total. The molecule has 0 unspecified atom stereocenters. The molecular formula is C25H31F3O7. The van der Waals surface area contributed by atoms with Gasteiger partial charge in [-0.25, -0.2) is 4.79 Å². The summed E-state index contributed by atoms with van der Waals surface area (Å²) in [4.78, 5) is 24.4. The van der Waals surface area contributed by atoms with Crippen molar-refractivity contribution in [2.75, 3.05) is 20.2 Å². The third-order valence-corrected chi connectivity index (χ3v) is 10.4. The first-order chi connectivity index (χ1) is 16.5. The number of fused-ring (bicyclic) bond motifs is 7. The first-order valence-electron chi connectivity index (χ1n) is 12.5. The van der Waals surface area contributed by atoms with Crippen molar-refractivity contribution in [3.63, 3.8) is 0 Å². The van der Waals surface area contributed by atoms with E-state index in [1.54, 1.807) is 6.08 Å². The molecule has 8 atom stereocenters. The minimum atomic E-state index is -5.09. The van der Waals surface area contributed by atoms with Crippen LogP contribution in [-0.4, -0.2) is 55.6 Å². The molecule has 2 aliphatic heterocycles. The lowest BCUT2D eigenvalue weighted by molar-refractivity contribution is -0.263. The number of alkyl halides is 3. The van der Waals surface area contributed by atoms with Crippen LogP contribution in [0.5, 0.6) is 0 Å². The Balaban J connectivity index is 1.44. The van der Waals surface area contributed by atoms with Crippen molar-refractivity contribution in [1.82, 2.24) is 0 Å². The van der Waals surface area contributed by atoms with Crippen LogP contribution in [0.3, 0.4) is 0 Å². The second-order valence-corrected chi connectivity index (χ2v) is 11.6. The zero-order valence-electron chi connectivity index (χ0n) is 19.9. The number of carbonyl (C=O) groups is 2. The predicted octanol–water partition coefficient (Wildman–Crippen LogP) is 4.05. The molecule has 0 aromatic heterocycles. The summed E-state index contributed by atoms with van der Waals surface area (Å²) in [6, 6.07) is 0. The fraction of sp³-hybridized carbons (Fsp3) is 0.840. The SMILES string of the molecule is C[C@]12CCC(=O)C=C1CC[C@@H]1[C@@H]2[C@H](OC(=O)C(F)(F)F)C[C@@]2(C)[C@@H]1CC[C@@]21OCO[C@]12COCO2. The molecule has 7 nitrogen and oxygen atoms in total. The predicted molar refractivity (Wildman–Crippen MR) is 112 cm³/mol. The summed E-state index contributed by atoms with van der Waals surface area (Å²) in [7, 11) is 0. The monoisotopic (exact) mass is 500 g/mol. The van der Waals surface area contributed by atoms with Gasteiger partial charge in [-0.1, -0.05) is 19.4 Å². The van der Waals surface area contributed by atoms with Crippen molar-refractivity contribution in [2.45, 2.75) is 82.5 Å². The molecule has 10 heteroatoms. The van der Waals surface area contributed by atoms with Crippen LogP contribution in [0.25, 0.3) is 0 Å². The minimum absolute atomic E-state index is 0.0121. The highest BCUT2D eigenvalue weighted by Crippen LogP contribution is 2.72. The van der Waals surface area contributed by atoms with E-state index in [1.807, 2.05) is 13.8 Å². The third-order valence-electron chi connectivity index (χ3n) is 10.4. The van der Waals surface area contributed by atoms with Gasteiger partial charge in [-0.3, -0.25) is 4.79 Å². The van der Waals surface area contributed by atoms with E-state index in [2.05, 4.69) is 0 Å². The summed E-state index contributed by atoms with van der Waals surface area (Å²) in [5, 5.41) is 0. The molecule has 2 heterocycles. The molecule has 2 saturated heterocycles. The van der Waals surface area contributed by atoms with Crippen molar-refractivity contribution >= 4 is 11.8 Å². The second-order valence-electron chi connectivity index (χ2n) is 11.6. The molecule has 4 aliphatic carbocycles. The van der Waals surface area contributed by atoms with Gasteiger partial charge < -0.3 is 23.7 Å². The number of allylic oxidation sites excluding steroid dienone is 1. The second kappa shape index (κ2) is 7.52. The van der Waals surface area contributed by atoms with Crippen molar-refractivity contribution in [3.8, 4) is 0 Å². The molecule has 194 valence electrons. The van der Waals surface area contributed by atoms with E-state index in [9.17, 15) is 22.8 Å². The molecule has 6 rings (SSSR count).